The lowest BCUT2D eigenvalue weighted by atomic mass is 10.0. The first kappa shape index (κ1) is 36.6. The molecule has 0 aliphatic heterocycles. The molecule has 0 spiro atoms. The van der Waals surface area contributed by atoms with E-state index in [4.69, 9.17) is 8.85 Å². The fourth-order valence-electron chi connectivity index (χ4n) is 4.44. The van der Waals surface area contributed by atoms with Crippen molar-refractivity contribution in [3.8, 4) is 0 Å². The van der Waals surface area contributed by atoms with Crippen molar-refractivity contribution in [2.45, 2.75) is 129 Å². The second-order valence-electron chi connectivity index (χ2n) is 14.8. The molecule has 0 radical (unpaired) electrons. The fraction of sp³-hybridized carbons (Fsp3) is 0.611. The molecule has 6 heteroatoms. The summed E-state index contributed by atoms with van der Waals surface area (Å²) in [5.41, 5.74) is 4.76. The van der Waals surface area contributed by atoms with Gasteiger partial charge in [0.25, 0.3) is 0 Å². The topological polar surface area (TPSA) is 58.9 Å². The molecule has 42 heavy (non-hydrogen) atoms. The van der Waals surface area contributed by atoms with Gasteiger partial charge in [0.15, 0.2) is 16.6 Å². The van der Waals surface area contributed by atoms with E-state index >= 15 is 0 Å². The largest absolute Gasteiger partial charge is 0.410 e. The van der Waals surface area contributed by atoms with Crippen molar-refractivity contribution in [2.75, 3.05) is 13.2 Å². The molecule has 0 aliphatic carbocycles. The quantitative estimate of drug-likeness (QED) is 0.146. The van der Waals surface area contributed by atoms with Crippen molar-refractivity contribution < 1.29 is 19.1 Å². The van der Waals surface area contributed by atoms with E-state index < -0.39 is 16.6 Å². The van der Waals surface area contributed by atoms with Gasteiger partial charge >= 0.3 is 0 Å². The first-order chi connectivity index (χ1) is 19.5. The van der Waals surface area contributed by atoms with Gasteiger partial charge in [-0.05, 0) is 97.0 Å². The molecule has 0 heterocycles. The minimum atomic E-state index is -1.95. The van der Waals surface area contributed by atoms with Crippen LogP contribution in [0.5, 0.6) is 0 Å². The first-order valence-electron chi connectivity index (χ1n) is 15.9. The molecule has 2 aromatic carbocycles. The van der Waals surface area contributed by atoms with Crippen LogP contribution in [0.4, 0.5) is 0 Å². The maximum atomic E-state index is 9.31. The summed E-state index contributed by atoms with van der Waals surface area (Å²) >= 11 is 0. The van der Waals surface area contributed by atoms with Gasteiger partial charge in [-0.15, -0.1) is 0 Å². The number of aliphatic hydroxyl groups is 2. The Labute approximate surface area is 259 Å². The van der Waals surface area contributed by atoms with E-state index in [1.54, 1.807) is 0 Å². The van der Waals surface area contributed by atoms with Crippen LogP contribution >= 0.6 is 0 Å². The van der Waals surface area contributed by atoms with E-state index in [1.165, 1.54) is 11.1 Å². The lowest BCUT2D eigenvalue weighted by Gasteiger charge is -2.39. The standard InChI is InChI=1S/C36H60O4Si2/c1-35(2,3)41(7,8)39-33(31-21-17-29(18-22-31)25-27-37)15-13-11-12-14-16-34(40-42(9,10)36(4,5)6)32-23-19-30(20-24-32)26-28-38/h11-12,17-24,33-34,37-38H,13-16,25-28H2,1-10H3/b12-11+. The molecule has 0 bridgehead atoms. The number of hydrogen-bond acceptors (Lipinski definition) is 4. The molecule has 4 nitrogen and oxygen atoms in total. The van der Waals surface area contributed by atoms with Crippen LogP contribution in [0.25, 0.3) is 0 Å². The van der Waals surface area contributed by atoms with Gasteiger partial charge in [0.05, 0.1) is 12.2 Å². The predicted octanol–water partition coefficient (Wildman–Crippen LogP) is 9.70. The summed E-state index contributed by atoms with van der Waals surface area (Å²) in [7, 11) is -3.89. The minimum Gasteiger partial charge on any atom is -0.410 e. The summed E-state index contributed by atoms with van der Waals surface area (Å²) in [5, 5.41) is 18.9. The van der Waals surface area contributed by atoms with Crippen molar-refractivity contribution in [2.24, 2.45) is 0 Å². The van der Waals surface area contributed by atoms with Crippen molar-refractivity contribution in [1.82, 2.24) is 0 Å². The third-order valence-corrected chi connectivity index (χ3v) is 18.3. The van der Waals surface area contributed by atoms with Gasteiger partial charge in [-0.3, -0.25) is 0 Å². The van der Waals surface area contributed by atoms with Crippen LogP contribution in [0, 0.1) is 0 Å². The van der Waals surface area contributed by atoms with Crippen LogP contribution in [0.3, 0.4) is 0 Å². The number of aliphatic hydroxyl groups excluding tert-OH is 2. The van der Waals surface area contributed by atoms with E-state index in [1.807, 2.05) is 0 Å². The lowest BCUT2D eigenvalue weighted by molar-refractivity contribution is 0.173. The molecular formula is C36H60O4Si2. The highest BCUT2D eigenvalue weighted by atomic mass is 28.4. The van der Waals surface area contributed by atoms with Crippen molar-refractivity contribution in [3.05, 3.63) is 82.9 Å². The fourth-order valence-corrected chi connectivity index (χ4v) is 7.08. The second-order valence-corrected chi connectivity index (χ2v) is 24.3. The summed E-state index contributed by atoms with van der Waals surface area (Å²) in [6.45, 7) is 23.4. The summed E-state index contributed by atoms with van der Waals surface area (Å²) in [6, 6.07) is 17.2. The SMILES string of the molecule is CC(C)(C)[Si](C)(C)OC(CC/C=C/CCC(O[Si](C)(C)C(C)(C)C)c1ccc(CCO)cc1)c1ccc(CCO)cc1. The molecule has 236 valence electrons. The van der Waals surface area contributed by atoms with Gasteiger partial charge in [0.1, 0.15) is 0 Å². The zero-order valence-electron chi connectivity index (χ0n) is 28.3. The minimum absolute atomic E-state index is 0.0609. The molecule has 2 N–H and O–H groups in total. The highest BCUT2D eigenvalue weighted by Crippen LogP contribution is 2.42. The number of rotatable bonds is 16. The Morgan fingerprint density at radius 2 is 0.905 bits per heavy atom. The van der Waals surface area contributed by atoms with Crippen LogP contribution in [0.2, 0.25) is 36.3 Å². The van der Waals surface area contributed by atoms with Gasteiger partial charge in [-0.1, -0.05) is 102 Å². The summed E-state index contributed by atoms with van der Waals surface area (Å²) in [6.07, 6.45) is 9.93. The Balaban J connectivity index is 2.11. The highest BCUT2D eigenvalue weighted by molar-refractivity contribution is 6.74. The zero-order valence-corrected chi connectivity index (χ0v) is 30.3. The Morgan fingerprint density at radius 3 is 1.17 bits per heavy atom. The lowest BCUT2D eigenvalue weighted by Crippen LogP contribution is -2.41. The Morgan fingerprint density at radius 1 is 0.595 bits per heavy atom. The number of benzene rings is 2. The molecule has 2 unspecified atom stereocenters. The molecule has 2 rings (SSSR count). The zero-order chi connectivity index (χ0) is 31.6. The molecule has 2 atom stereocenters. The molecule has 0 fully saturated rings. The first-order valence-corrected chi connectivity index (χ1v) is 21.7. The van der Waals surface area contributed by atoms with Gasteiger partial charge in [0.2, 0.25) is 0 Å². The van der Waals surface area contributed by atoms with Crippen LogP contribution in [0.15, 0.2) is 60.7 Å². The molecule has 0 aliphatic rings. The third kappa shape index (κ3) is 11.2. The molecule has 0 amide bonds. The van der Waals surface area contributed by atoms with E-state index in [2.05, 4.69) is 128 Å². The van der Waals surface area contributed by atoms with Crippen LogP contribution in [-0.4, -0.2) is 40.1 Å². The number of hydrogen-bond donors (Lipinski definition) is 2. The van der Waals surface area contributed by atoms with E-state index in [0.717, 1.165) is 36.8 Å². The van der Waals surface area contributed by atoms with E-state index in [-0.39, 0.29) is 35.5 Å². The average Bonchev–Trinajstić information content (AvgIpc) is 2.89. The molecule has 0 aromatic heterocycles. The third-order valence-electron chi connectivity index (χ3n) is 9.35. The van der Waals surface area contributed by atoms with Gasteiger partial charge < -0.3 is 19.1 Å². The van der Waals surface area contributed by atoms with Gasteiger partial charge in [-0.2, -0.15) is 0 Å². The van der Waals surface area contributed by atoms with Crippen molar-refractivity contribution in [3.63, 3.8) is 0 Å². The molecule has 2 aromatic rings. The van der Waals surface area contributed by atoms with Gasteiger partial charge in [0, 0.05) is 13.2 Å². The normalized spacial score (nSPS) is 14.9. The monoisotopic (exact) mass is 612 g/mol. The smallest absolute Gasteiger partial charge is 0.192 e. The highest BCUT2D eigenvalue weighted by Gasteiger charge is 2.40. The maximum absolute atomic E-state index is 9.31. The Hall–Kier alpha value is -1.55. The second kappa shape index (κ2) is 16.0. The van der Waals surface area contributed by atoms with Crippen molar-refractivity contribution >= 4 is 16.6 Å². The van der Waals surface area contributed by atoms with E-state index in [9.17, 15) is 10.2 Å². The predicted molar refractivity (Wildman–Crippen MR) is 184 cm³/mol. The van der Waals surface area contributed by atoms with Crippen LogP contribution in [-0.2, 0) is 21.7 Å². The molecular weight excluding hydrogens is 553 g/mol. The number of allylic oxidation sites excluding steroid dienone is 2. The Kier molecular flexibility index (Phi) is 13.9. The molecule has 0 saturated carbocycles. The summed E-state index contributed by atoms with van der Waals surface area (Å²) < 4.78 is 13.9. The van der Waals surface area contributed by atoms with Crippen LogP contribution < -0.4 is 0 Å². The molecule has 0 saturated heterocycles. The van der Waals surface area contributed by atoms with Gasteiger partial charge in [-0.25, -0.2) is 0 Å². The maximum Gasteiger partial charge on any atom is 0.192 e. The summed E-state index contributed by atoms with van der Waals surface area (Å²) in [4.78, 5) is 0. The van der Waals surface area contributed by atoms with Crippen LogP contribution in [0.1, 0.15) is 102 Å². The van der Waals surface area contributed by atoms with Crippen molar-refractivity contribution in [1.29, 1.82) is 0 Å². The van der Waals surface area contributed by atoms with E-state index in [0.29, 0.717) is 12.8 Å². The Bertz CT molecular complexity index is 990. The summed E-state index contributed by atoms with van der Waals surface area (Å²) in [5.74, 6) is 0. The average molecular weight is 613 g/mol.